The Morgan fingerprint density at radius 2 is 2.22 bits per heavy atom. The van der Waals surface area contributed by atoms with E-state index in [1.807, 2.05) is 0 Å². The number of nitrogens with zero attached hydrogens (tertiary/aromatic N) is 3. The molecule has 1 aliphatic heterocycles. The van der Waals surface area contributed by atoms with Crippen LogP contribution in [0.25, 0.3) is 0 Å². The Morgan fingerprint density at radius 3 is 2.78 bits per heavy atom. The van der Waals surface area contributed by atoms with Gasteiger partial charge in [0, 0.05) is 32.0 Å². The lowest BCUT2D eigenvalue weighted by Gasteiger charge is -2.21. The topological polar surface area (TPSA) is 79.3 Å². The molecule has 2 N–H and O–H groups in total. The third-order valence-corrected chi connectivity index (χ3v) is 3.74. The Morgan fingerprint density at radius 1 is 1.48 bits per heavy atom. The summed E-state index contributed by atoms with van der Waals surface area (Å²) in [5, 5.41) is 10.2. The molecule has 2 rings (SSSR count). The highest BCUT2D eigenvalue weighted by Crippen LogP contribution is 2.07. The second-order valence-corrected chi connectivity index (χ2v) is 5.45. The van der Waals surface area contributed by atoms with Gasteiger partial charge in [-0.05, 0) is 32.4 Å². The molecule has 7 nitrogen and oxygen atoms in total. The zero-order valence-corrected chi connectivity index (χ0v) is 15.0. The first-order valence-electron chi connectivity index (χ1n) is 7.32. The number of carbonyl (C=O) groups excluding carboxylic acids is 2. The smallest absolute Gasteiger partial charge is 0.247 e. The Bertz CT molecular complexity index is 478. The van der Waals surface area contributed by atoms with Crippen molar-refractivity contribution in [3.05, 3.63) is 18.5 Å². The Kier molecular flexibility index (Phi) is 9.87. The first-order valence-corrected chi connectivity index (χ1v) is 7.32. The average molecular weight is 366 g/mol. The van der Waals surface area contributed by atoms with Gasteiger partial charge in [0.05, 0.1) is 6.54 Å². The zero-order chi connectivity index (χ0) is 15.2. The van der Waals surface area contributed by atoms with Gasteiger partial charge in [-0.1, -0.05) is 0 Å². The van der Waals surface area contributed by atoms with Crippen LogP contribution < -0.4 is 10.6 Å². The van der Waals surface area contributed by atoms with Crippen molar-refractivity contribution >= 4 is 36.6 Å². The van der Waals surface area contributed by atoms with Gasteiger partial charge in [0.15, 0.2) is 0 Å². The molecule has 1 aliphatic rings. The van der Waals surface area contributed by atoms with E-state index in [1.165, 1.54) is 4.90 Å². The lowest BCUT2D eigenvalue weighted by Crippen LogP contribution is -2.44. The second-order valence-electron chi connectivity index (χ2n) is 5.45. The largest absolute Gasteiger partial charge is 0.353 e. The molecule has 1 fully saturated rings. The summed E-state index contributed by atoms with van der Waals surface area (Å²) < 4.78 is 1.58. The van der Waals surface area contributed by atoms with Crippen LogP contribution in [0.15, 0.2) is 18.5 Å². The molecule has 132 valence electrons. The first-order chi connectivity index (χ1) is 10.1. The van der Waals surface area contributed by atoms with Crippen LogP contribution in [0.4, 0.5) is 0 Å². The summed E-state index contributed by atoms with van der Waals surface area (Å²) in [6.07, 6.45) is 5.61. The molecule has 0 aliphatic carbocycles. The van der Waals surface area contributed by atoms with Gasteiger partial charge in [-0.15, -0.1) is 24.8 Å². The van der Waals surface area contributed by atoms with Crippen molar-refractivity contribution in [1.29, 1.82) is 0 Å². The summed E-state index contributed by atoms with van der Waals surface area (Å²) in [6.45, 7) is 3.47. The van der Waals surface area contributed by atoms with E-state index >= 15 is 0 Å². The maximum absolute atomic E-state index is 12.2. The second kappa shape index (κ2) is 10.5. The van der Waals surface area contributed by atoms with Crippen LogP contribution in [-0.2, 0) is 9.59 Å². The van der Waals surface area contributed by atoms with Crippen molar-refractivity contribution in [2.75, 3.05) is 26.7 Å². The quantitative estimate of drug-likeness (QED) is 0.774. The number of hydrogen-bond acceptors (Lipinski definition) is 4. The van der Waals surface area contributed by atoms with E-state index in [0.29, 0.717) is 12.6 Å². The van der Waals surface area contributed by atoms with Gasteiger partial charge in [-0.2, -0.15) is 5.10 Å². The standard InChI is InChI=1S/C14H23N5O2.2ClH/c1-11(19-8-4-7-17-19)14(21)18(2)10-13(20)16-9-12-5-3-6-15-12;;/h4,7-8,11-12,15H,3,5-6,9-10H2,1-2H3,(H,16,20);2*1H. The molecule has 1 aromatic rings. The molecule has 0 aromatic carbocycles. The molecule has 23 heavy (non-hydrogen) atoms. The molecule has 0 saturated carbocycles. The monoisotopic (exact) mass is 365 g/mol. The zero-order valence-electron chi connectivity index (χ0n) is 13.4. The third kappa shape index (κ3) is 6.37. The van der Waals surface area contributed by atoms with Crippen molar-refractivity contribution < 1.29 is 9.59 Å². The number of likely N-dealkylation sites (N-methyl/N-ethyl adjacent to an activating group) is 1. The van der Waals surface area contributed by atoms with Crippen molar-refractivity contribution in [3.8, 4) is 0 Å². The summed E-state index contributed by atoms with van der Waals surface area (Å²) in [6, 6.07) is 1.72. The van der Waals surface area contributed by atoms with Crippen LogP contribution in [-0.4, -0.2) is 59.2 Å². The lowest BCUT2D eigenvalue weighted by molar-refractivity contribution is -0.137. The van der Waals surface area contributed by atoms with Gasteiger partial charge in [-0.3, -0.25) is 14.3 Å². The molecular weight excluding hydrogens is 341 g/mol. The maximum atomic E-state index is 12.2. The average Bonchev–Trinajstić information content (AvgIpc) is 3.16. The molecule has 2 amide bonds. The van der Waals surface area contributed by atoms with Crippen LogP contribution >= 0.6 is 24.8 Å². The normalized spacial score (nSPS) is 17.6. The fourth-order valence-electron chi connectivity index (χ4n) is 2.46. The minimum absolute atomic E-state index is 0. The van der Waals surface area contributed by atoms with Crippen molar-refractivity contribution in [2.45, 2.75) is 31.8 Å². The Labute approximate surface area is 149 Å². The minimum Gasteiger partial charge on any atom is -0.353 e. The number of rotatable bonds is 6. The van der Waals surface area contributed by atoms with Gasteiger partial charge in [0.2, 0.25) is 11.8 Å². The fourth-order valence-corrected chi connectivity index (χ4v) is 2.46. The predicted octanol–water partition coefficient (Wildman–Crippen LogP) is 0.614. The number of hydrogen-bond donors (Lipinski definition) is 2. The van der Waals surface area contributed by atoms with Gasteiger partial charge in [0.25, 0.3) is 0 Å². The Hall–Kier alpha value is -1.31. The molecule has 9 heteroatoms. The van der Waals surface area contributed by atoms with E-state index < -0.39 is 6.04 Å². The fraction of sp³-hybridized carbons (Fsp3) is 0.643. The maximum Gasteiger partial charge on any atom is 0.247 e. The molecule has 2 heterocycles. The number of carbonyl (C=O) groups is 2. The van der Waals surface area contributed by atoms with Crippen LogP contribution in [0.2, 0.25) is 0 Å². The van der Waals surface area contributed by atoms with Crippen molar-refractivity contribution in [3.63, 3.8) is 0 Å². The molecule has 0 spiro atoms. The van der Waals surface area contributed by atoms with Gasteiger partial charge < -0.3 is 15.5 Å². The van der Waals surface area contributed by atoms with E-state index in [-0.39, 0.29) is 43.2 Å². The highest BCUT2D eigenvalue weighted by Gasteiger charge is 2.21. The Balaban J connectivity index is 0.00000242. The highest BCUT2D eigenvalue weighted by atomic mass is 35.5. The molecule has 0 radical (unpaired) electrons. The molecule has 1 saturated heterocycles. The summed E-state index contributed by atoms with van der Waals surface area (Å²) >= 11 is 0. The highest BCUT2D eigenvalue weighted by molar-refractivity contribution is 5.86. The van der Waals surface area contributed by atoms with Crippen LogP contribution in [0.5, 0.6) is 0 Å². The number of amides is 2. The van der Waals surface area contributed by atoms with Crippen LogP contribution in [0, 0.1) is 0 Å². The van der Waals surface area contributed by atoms with Gasteiger partial charge in [-0.25, -0.2) is 0 Å². The molecule has 2 unspecified atom stereocenters. The summed E-state index contributed by atoms with van der Waals surface area (Å²) in [5.41, 5.74) is 0. The van der Waals surface area contributed by atoms with E-state index in [0.717, 1.165) is 19.4 Å². The summed E-state index contributed by atoms with van der Waals surface area (Å²) in [7, 11) is 1.63. The predicted molar refractivity (Wildman–Crippen MR) is 93.1 cm³/mol. The van der Waals surface area contributed by atoms with E-state index in [4.69, 9.17) is 0 Å². The summed E-state index contributed by atoms with van der Waals surface area (Å²) in [5.74, 6) is -0.264. The number of halogens is 2. The SMILES string of the molecule is CC(C(=O)N(C)CC(=O)NCC1CCCN1)n1cccn1.Cl.Cl. The lowest BCUT2D eigenvalue weighted by atomic mass is 10.2. The third-order valence-electron chi connectivity index (χ3n) is 3.74. The molecule has 0 bridgehead atoms. The number of aromatic nitrogens is 2. The van der Waals surface area contributed by atoms with Crippen LogP contribution in [0.1, 0.15) is 25.8 Å². The molecule has 1 aromatic heterocycles. The van der Waals surface area contributed by atoms with Gasteiger partial charge in [0.1, 0.15) is 6.04 Å². The summed E-state index contributed by atoms with van der Waals surface area (Å²) in [4.78, 5) is 25.5. The first kappa shape index (κ1) is 21.7. The molecule has 2 atom stereocenters. The number of nitrogens with one attached hydrogen (secondary N) is 2. The molecular formula is C14H25Cl2N5O2. The van der Waals surface area contributed by atoms with Gasteiger partial charge >= 0.3 is 0 Å². The minimum atomic E-state index is -0.408. The van der Waals surface area contributed by atoms with Crippen LogP contribution in [0.3, 0.4) is 0 Å². The van der Waals surface area contributed by atoms with E-state index in [2.05, 4.69) is 15.7 Å². The van der Waals surface area contributed by atoms with E-state index in [1.54, 1.807) is 37.1 Å². The van der Waals surface area contributed by atoms with E-state index in [9.17, 15) is 9.59 Å². The van der Waals surface area contributed by atoms with Crippen molar-refractivity contribution in [1.82, 2.24) is 25.3 Å². The van der Waals surface area contributed by atoms with Crippen molar-refractivity contribution in [2.24, 2.45) is 0 Å².